The molecule has 0 aliphatic heterocycles. The van der Waals surface area contributed by atoms with Gasteiger partial charge in [0.25, 0.3) is 5.91 Å². The average molecular weight is 451 g/mol. The molecular formula is C24H27FN6O2. The van der Waals surface area contributed by atoms with Gasteiger partial charge in [0, 0.05) is 41.7 Å². The summed E-state index contributed by atoms with van der Waals surface area (Å²) in [5.74, 6) is -0.710. The Bertz CT molecular complexity index is 1170. The van der Waals surface area contributed by atoms with Gasteiger partial charge in [0.2, 0.25) is 11.9 Å². The predicted octanol–water partition coefficient (Wildman–Crippen LogP) is 4.02. The zero-order valence-corrected chi connectivity index (χ0v) is 19.1. The van der Waals surface area contributed by atoms with Crippen molar-refractivity contribution in [2.45, 2.75) is 40.8 Å². The van der Waals surface area contributed by atoms with E-state index >= 15 is 0 Å². The van der Waals surface area contributed by atoms with Crippen molar-refractivity contribution in [3.63, 3.8) is 0 Å². The Morgan fingerprint density at radius 2 is 1.61 bits per heavy atom. The van der Waals surface area contributed by atoms with Crippen LogP contribution in [0.5, 0.6) is 0 Å². The van der Waals surface area contributed by atoms with Crippen LogP contribution in [0.2, 0.25) is 0 Å². The molecule has 0 aliphatic rings. The molecule has 0 aliphatic carbocycles. The number of nitrogens with one attached hydrogen (secondary N) is 3. The first-order valence-electron chi connectivity index (χ1n) is 10.6. The van der Waals surface area contributed by atoms with Crippen molar-refractivity contribution in [2.24, 2.45) is 4.99 Å². The summed E-state index contributed by atoms with van der Waals surface area (Å²) >= 11 is 0. The third kappa shape index (κ3) is 6.25. The van der Waals surface area contributed by atoms with E-state index in [-0.39, 0.29) is 23.6 Å². The molecule has 2 amide bonds. The summed E-state index contributed by atoms with van der Waals surface area (Å²) < 4.78 is 15.2. The summed E-state index contributed by atoms with van der Waals surface area (Å²) in [7, 11) is 0. The Hall–Kier alpha value is -4.01. The number of benzene rings is 2. The van der Waals surface area contributed by atoms with Gasteiger partial charge >= 0.3 is 0 Å². The zero-order chi connectivity index (χ0) is 24.0. The molecule has 0 bridgehead atoms. The first-order valence-corrected chi connectivity index (χ1v) is 10.6. The van der Waals surface area contributed by atoms with E-state index in [1.165, 1.54) is 19.1 Å². The molecule has 33 heavy (non-hydrogen) atoms. The molecule has 0 radical (unpaired) electrons. The molecule has 172 valence electrons. The maximum absolute atomic E-state index is 13.3. The van der Waals surface area contributed by atoms with Crippen LogP contribution in [-0.4, -0.2) is 27.6 Å². The van der Waals surface area contributed by atoms with Crippen LogP contribution in [-0.2, 0) is 17.9 Å². The first-order chi connectivity index (χ1) is 15.8. The fraction of sp³-hybridized carbons (Fsp3) is 0.250. The van der Waals surface area contributed by atoms with Crippen LogP contribution in [0.15, 0.2) is 53.5 Å². The van der Waals surface area contributed by atoms with Crippen LogP contribution in [0.3, 0.4) is 0 Å². The number of hydrogen-bond donors (Lipinski definition) is 3. The summed E-state index contributed by atoms with van der Waals surface area (Å²) in [6.45, 7) is 8.40. The fourth-order valence-corrected chi connectivity index (χ4v) is 3.30. The average Bonchev–Trinajstić information content (AvgIpc) is 3.06. The second-order valence-corrected chi connectivity index (χ2v) is 7.47. The monoisotopic (exact) mass is 450 g/mol. The topological polar surface area (TPSA) is 100 Å². The lowest BCUT2D eigenvalue weighted by Gasteiger charge is -2.12. The summed E-state index contributed by atoms with van der Waals surface area (Å²) in [5, 5.41) is 13.0. The number of aromatic nitrogens is 2. The number of aryl methyl sites for hydroxylation is 2. The summed E-state index contributed by atoms with van der Waals surface area (Å²) in [6.07, 6.45) is 0. The molecule has 9 heteroatoms. The van der Waals surface area contributed by atoms with Crippen LogP contribution in [0.4, 0.5) is 15.8 Å². The number of guanidine groups is 1. The Morgan fingerprint density at radius 3 is 2.18 bits per heavy atom. The van der Waals surface area contributed by atoms with Gasteiger partial charge in [0.1, 0.15) is 5.82 Å². The van der Waals surface area contributed by atoms with Crippen LogP contribution in [0, 0.1) is 19.7 Å². The minimum atomic E-state index is -0.379. The first kappa shape index (κ1) is 23.6. The van der Waals surface area contributed by atoms with E-state index < -0.39 is 0 Å². The number of carbonyl (C=O) groups excluding carboxylic acids is 2. The second-order valence-electron chi connectivity index (χ2n) is 7.47. The summed E-state index contributed by atoms with van der Waals surface area (Å²) in [5.41, 5.74) is 4.43. The molecule has 3 aromatic rings. The van der Waals surface area contributed by atoms with E-state index in [1.54, 1.807) is 36.4 Å². The maximum Gasteiger partial charge on any atom is 0.257 e. The lowest BCUT2D eigenvalue weighted by Crippen LogP contribution is -2.36. The Balaban J connectivity index is 1.82. The van der Waals surface area contributed by atoms with Crippen molar-refractivity contribution >= 4 is 29.1 Å². The zero-order valence-electron chi connectivity index (χ0n) is 19.1. The Morgan fingerprint density at radius 1 is 1.00 bits per heavy atom. The van der Waals surface area contributed by atoms with Crippen molar-refractivity contribution in [3.8, 4) is 0 Å². The quantitative estimate of drug-likeness (QED) is 0.390. The van der Waals surface area contributed by atoms with Crippen molar-refractivity contribution in [1.82, 2.24) is 15.1 Å². The largest absolute Gasteiger partial charge is 0.326 e. The van der Waals surface area contributed by atoms with Crippen LogP contribution in [0.25, 0.3) is 0 Å². The number of anilines is 2. The van der Waals surface area contributed by atoms with E-state index in [0.29, 0.717) is 23.5 Å². The Kier molecular flexibility index (Phi) is 7.55. The number of amides is 2. The molecular weight excluding hydrogens is 423 g/mol. The summed E-state index contributed by atoms with van der Waals surface area (Å²) in [6, 6.07) is 12.3. The van der Waals surface area contributed by atoms with Crippen LogP contribution in [0.1, 0.15) is 41.2 Å². The smallest absolute Gasteiger partial charge is 0.257 e. The highest BCUT2D eigenvalue weighted by Gasteiger charge is 2.13. The highest BCUT2D eigenvalue weighted by molar-refractivity contribution is 6.10. The third-order valence-corrected chi connectivity index (χ3v) is 5.03. The predicted molar refractivity (Wildman–Crippen MR) is 127 cm³/mol. The molecule has 3 rings (SSSR count). The molecule has 0 saturated carbocycles. The molecule has 1 aromatic heterocycles. The van der Waals surface area contributed by atoms with Gasteiger partial charge in [-0.2, -0.15) is 5.10 Å². The molecule has 0 atom stereocenters. The lowest BCUT2D eigenvalue weighted by molar-refractivity contribution is -0.114. The second kappa shape index (κ2) is 10.5. The lowest BCUT2D eigenvalue weighted by atomic mass is 10.2. The summed E-state index contributed by atoms with van der Waals surface area (Å²) in [4.78, 5) is 28.6. The molecule has 2 aromatic carbocycles. The van der Waals surface area contributed by atoms with Gasteiger partial charge in [0.05, 0.1) is 12.2 Å². The molecule has 0 saturated heterocycles. The van der Waals surface area contributed by atoms with Crippen molar-refractivity contribution < 1.29 is 14.0 Å². The highest BCUT2D eigenvalue weighted by atomic mass is 19.1. The standard InChI is InChI=1S/C24H27FN6O2/c1-5-31-16(3)22(15(2)30-31)14-26-24(28-21-12-8-19(25)9-13-21)29-23(33)18-6-10-20(11-7-18)27-17(4)32/h6-13H,5,14H2,1-4H3,(H,27,32)(H2,26,28,29,33). The van der Waals surface area contributed by atoms with Crippen molar-refractivity contribution in [2.75, 3.05) is 10.6 Å². The van der Waals surface area contributed by atoms with E-state index in [4.69, 9.17) is 0 Å². The van der Waals surface area contributed by atoms with Gasteiger partial charge in [-0.15, -0.1) is 0 Å². The van der Waals surface area contributed by atoms with Gasteiger partial charge in [-0.1, -0.05) is 0 Å². The van der Waals surface area contributed by atoms with Crippen LogP contribution >= 0.6 is 0 Å². The maximum atomic E-state index is 13.3. The van der Waals surface area contributed by atoms with E-state index in [0.717, 1.165) is 23.5 Å². The molecule has 3 N–H and O–H groups in total. The molecule has 0 fully saturated rings. The fourth-order valence-electron chi connectivity index (χ4n) is 3.30. The van der Waals surface area contributed by atoms with E-state index in [2.05, 4.69) is 26.0 Å². The Labute approximate surface area is 191 Å². The van der Waals surface area contributed by atoms with Gasteiger partial charge in [-0.05, 0) is 69.3 Å². The van der Waals surface area contributed by atoms with Gasteiger partial charge in [0.15, 0.2) is 0 Å². The minimum Gasteiger partial charge on any atom is -0.326 e. The number of hydrogen-bond acceptors (Lipinski definition) is 4. The van der Waals surface area contributed by atoms with Gasteiger partial charge in [-0.25, -0.2) is 9.38 Å². The van der Waals surface area contributed by atoms with E-state index in [9.17, 15) is 14.0 Å². The number of nitrogens with zero attached hydrogens (tertiary/aromatic N) is 3. The highest BCUT2D eigenvalue weighted by Crippen LogP contribution is 2.15. The van der Waals surface area contributed by atoms with Crippen LogP contribution < -0.4 is 16.0 Å². The number of rotatable bonds is 6. The number of aliphatic imine (C=N–C) groups is 1. The van der Waals surface area contributed by atoms with Crippen molar-refractivity contribution in [3.05, 3.63) is 76.9 Å². The molecule has 8 nitrogen and oxygen atoms in total. The molecule has 1 heterocycles. The number of halogens is 1. The molecule has 0 unspecified atom stereocenters. The van der Waals surface area contributed by atoms with Gasteiger partial charge < -0.3 is 10.6 Å². The third-order valence-electron chi connectivity index (χ3n) is 5.03. The normalized spacial score (nSPS) is 11.2. The molecule has 0 spiro atoms. The minimum absolute atomic E-state index is 0.192. The number of carbonyl (C=O) groups is 2. The van der Waals surface area contributed by atoms with E-state index in [1.807, 2.05) is 25.5 Å². The van der Waals surface area contributed by atoms with Crippen molar-refractivity contribution in [1.29, 1.82) is 0 Å². The SMILES string of the molecule is CCn1nc(C)c(CN=C(NC(=O)c2ccc(NC(C)=O)cc2)Nc2ccc(F)cc2)c1C. The van der Waals surface area contributed by atoms with Gasteiger partial charge in [-0.3, -0.25) is 19.6 Å².